The van der Waals surface area contributed by atoms with Crippen LogP contribution in [-0.4, -0.2) is 21.1 Å². The first-order valence-corrected chi connectivity index (χ1v) is 7.75. The van der Waals surface area contributed by atoms with Gasteiger partial charge in [-0.15, -0.1) is 11.3 Å². The zero-order valence-corrected chi connectivity index (χ0v) is 13.1. The van der Waals surface area contributed by atoms with Gasteiger partial charge in [0.25, 0.3) is 0 Å². The molecule has 2 aromatic heterocycles. The molecular formula is C15H18N4OS. The average Bonchev–Trinajstić information content (AvgIpc) is 3.02. The first-order valence-electron chi connectivity index (χ1n) is 6.93. The third kappa shape index (κ3) is 2.35. The van der Waals surface area contributed by atoms with E-state index in [0.717, 1.165) is 21.8 Å². The molecule has 5 nitrogen and oxygen atoms in total. The quantitative estimate of drug-likeness (QED) is 0.802. The Bertz CT molecular complexity index is 777. The lowest BCUT2D eigenvalue weighted by atomic mass is 10.2. The summed E-state index contributed by atoms with van der Waals surface area (Å²) in [6.45, 7) is 6.70. The molecule has 0 amide bonds. The van der Waals surface area contributed by atoms with Crippen molar-refractivity contribution in [3.8, 4) is 5.75 Å². The maximum absolute atomic E-state index is 6.14. The number of thiazole rings is 1. The SMILES string of the molecule is CCOc1cccc2c1nc(N)n2C(C)c1ncc(C)s1. The highest BCUT2D eigenvalue weighted by Crippen LogP contribution is 2.33. The highest BCUT2D eigenvalue weighted by atomic mass is 32.1. The molecule has 0 saturated carbocycles. The van der Waals surface area contributed by atoms with Crippen molar-refractivity contribution in [3.63, 3.8) is 0 Å². The van der Waals surface area contributed by atoms with Gasteiger partial charge in [-0.1, -0.05) is 6.07 Å². The van der Waals surface area contributed by atoms with E-state index >= 15 is 0 Å². The van der Waals surface area contributed by atoms with Crippen molar-refractivity contribution >= 4 is 28.3 Å². The molecular weight excluding hydrogens is 284 g/mol. The second-order valence-corrected chi connectivity index (χ2v) is 6.15. The monoisotopic (exact) mass is 302 g/mol. The van der Waals surface area contributed by atoms with Crippen LogP contribution in [-0.2, 0) is 0 Å². The Hall–Kier alpha value is -2.08. The number of fused-ring (bicyclic) bond motifs is 1. The van der Waals surface area contributed by atoms with Crippen molar-refractivity contribution in [1.29, 1.82) is 0 Å². The molecule has 3 rings (SSSR count). The van der Waals surface area contributed by atoms with Gasteiger partial charge in [0.05, 0.1) is 18.2 Å². The number of ether oxygens (including phenoxy) is 1. The molecule has 0 fully saturated rings. The van der Waals surface area contributed by atoms with E-state index in [1.165, 1.54) is 4.88 Å². The first-order chi connectivity index (χ1) is 10.1. The van der Waals surface area contributed by atoms with Crippen molar-refractivity contribution in [3.05, 3.63) is 34.3 Å². The van der Waals surface area contributed by atoms with Gasteiger partial charge in [-0.2, -0.15) is 0 Å². The van der Waals surface area contributed by atoms with E-state index in [-0.39, 0.29) is 6.04 Å². The topological polar surface area (TPSA) is 66.0 Å². The Balaban J connectivity index is 2.14. The molecule has 2 N–H and O–H groups in total. The van der Waals surface area contributed by atoms with Crippen LogP contribution in [0.4, 0.5) is 5.95 Å². The molecule has 3 aromatic rings. The van der Waals surface area contributed by atoms with Gasteiger partial charge in [0.1, 0.15) is 16.3 Å². The summed E-state index contributed by atoms with van der Waals surface area (Å²) in [5.41, 5.74) is 7.91. The summed E-state index contributed by atoms with van der Waals surface area (Å²) in [4.78, 5) is 10.1. The first kappa shape index (κ1) is 13.9. The van der Waals surface area contributed by atoms with E-state index in [2.05, 4.69) is 23.8 Å². The minimum absolute atomic E-state index is 0.0468. The van der Waals surface area contributed by atoms with Crippen molar-refractivity contribution in [2.75, 3.05) is 12.3 Å². The molecule has 0 aliphatic carbocycles. The third-order valence-corrected chi connectivity index (χ3v) is 4.48. The Morgan fingerprint density at radius 3 is 2.90 bits per heavy atom. The van der Waals surface area contributed by atoms with Gasteiger partial charge >= 0.3 is 0 Å². The fourth-order valence-electron chi connectivity index (χ4n) is 2.46. The molecule has 1 atom stereocenters. The standard InChI is InChI=1S/C15H18N4OS/c1-4-20-12-7-5-6-11-13(12)18-15(16)19(11)10(3)14-17-8-9(2)21-14/h5-8,10H,4H2,1-3H3,(H2,16,18). The van der Waals surface area contributed by atoms with Crippen molar-refractivity contribution in [1.82, 2.24) is 14.5 Å². The lowest BCUT2D eigenvalue weighted by molar-refractivity contribution is 0.343. The maximum atomic E-state index is 6.14. The van der Waals surface area contributed by atoms with Crippen molar-refractivity contribution in [2.24, 2.45) is 0 Å². The predicted octanol–water partition coefficient (Wildman–Crippen LogP) is 3.39. The number of para-hydroxylation sites is 1. The minimum atomic E-state index is 0.0468. The number of aromatic nitrogens is 3. The van der Waals surface area contributed by atoms with Crippen molar-refractivity contribution < 1.29 is 4.74 Å². The summed E-state index contributed by atoms with van der Waals surface area (Å²) in [5, 5.41) is 1.03. The number of imidazole rings is 1. The fraction of sp³-hybridized carbons (Fsp3) is 0.333. The highest BCUT2D eigenvalue weighted by Gasteiger charge is 2.19. The molecule has 0 spiro atoms. The highest BCUT2D eigenvalue weighted by molar-refractivity contribution is 7.11. The Kier molecular flexibility index (Phi) is 3.55. The molecule has 110 valence electrons. The van der Waals surface area contributed by atoms with Crippen LogP contribution in [0.5, 0.6) is 5.75 Å². The van der Waals surface area contributed by atoms with Gasteiger partial charge in [-0.05, 0) is 32.9 Å². The van der Waals surface area contributed by atoms with Crippen LogP contribution >= 0.6 is 11.3 Å². The zero-order chi connectivity index (χ0) is 15.0. The smallest absolute Gasteiger partial charge is 0.202 e. The number of anilines is 1. The molecule has 21 heavy (non-hydrogen) atoms. The van der Waals surface area contributed by atoms with E-state index in [1.54, 1.807) is 11.3 Å². The largest absolute Gasteiger partial charge is 0.492 e. The molecule has 2 heterocycles. The lowest BCUT2D eigenvalue weighted by Crippen LogP contribution is -2.09. The van der Waals surface area contributed by atoms with Crippen LogP contribution in [0.1, 0.15) is 29.8 Å². The summed E-state index contributed by atoms with van der Waals surface area (Å²) in [6.07, 6.45) is 1.89. The lowest BCUT2D eigenvalue weighted by Gasteiger charge is -2.13. The van der Waals surface area contributed by atoms with Crippen molar-refractivity contribution in [2.45, 2.75) is 26.8 Å². The third-order valence-electron chi connectivity index (χ3n) is 3.39. The molecule has 0 bridgehead atoms. The number of nitrogens with two attached hydrogens (primary N) is 1. The van der Waals surface area contributed by atoms with E-state index in [1.807, 2.05) is 35.9 Å². The summed E-state index contributed by atoms with van der Waals surface area (Å²) in [7, 11) is 0. The average molecular weight is 302 g/mol. The summed E-state index contributed by atoms with van der Waals surface area (Å²) in [5.74, 6) is 1.25. The number of nitrogen functional groups attached to an aromatic ring is 1. The van der Waals surface area contributed by atoms with Crippen LogP contribution < -0.4 is 10.5 Å². The van der Waals surface area contributed by atoms with E-state index < -0.39 is 0 Å². The zero-order valence-electron chi connectivity index (χ0n) is 12.3. The predicted molar refractivity (Wildman–Crippen MR) is 86.0 cm³/mol. The Labute approximate surface area is 127 Å². The number of nitrogens with zero attached hydrogens (tertiary/aromatic N) is 3. The van der Waals surface area contributed by atoms with E-state index in [9.17, 15) is 0 Å². The molecule has 0 aliphatic heterocycles. The van der Waals surface area contributed by atoms with Gasteiger partial charge in [0.15, 0.2) is 0 Å². The van der Waals surface area contributed by atoms with E-state index in [0.29, 0.717) is 12.6 Å². The minimum Gasteiger partial charge on any atom is -0.492 e. The van der Waals surface area contributed by atoms with Crippen LogP contribution in [0.15, 0.2) is 24.4 Å². The Morgan fingerprint density at radius 2 is 2.24 bits per heavy atom. The molecule has 1 aromatic carbocycles. The second kappa shape index (κ2) is 5.37. The van der Waals surface area contributed by atoms with Gasteiger partial charge in [0, 0.05) is 11.1 Å². The number of benzene rings is 1. The summed E-state index contributed by atoms with van der Waals surface area (Å²) < 4.78 is 7.64. The Morgan fingerprint density at radius 1 is 1.43 bits per heavy atom. The van der Waals surface area contributed by atoms with Crippen LogP contribution in [0.2, 0.25) is 0 Å². The second-order valence-electron chi connectivity index (χ2n) is 4.88. The van der Waals surface area contributed by atoms with Gasteiger partial charge in [0.2, 0.25) is 5.95 Å². The number of hydrogen-bond donors (Lipinski definition) is 1. The van der Waals surface area contributed by atoms with Gasteiger partial charge in [-0.3, -0.25) is 0 Å². The number of hydrogen-bond acceptors (Lipinski definition) is 5. The van der Waals surface area contributed by atoms with Gasteiger partial charge < -0.3 is 15.0 Å². The fourth-order valence-corrected chi connectivity index (χ4v) is 3.28. The maximum Gasteiger partial charge on any atom is 0.202 e. The number of rotatable bonds is 4. The molecule has 1 unspecified atom stereocenters. The van der Waals surface area contributed by atoms with Crippen LogP contribution in [0.3, 0.4) is 0 Å². The van der Waals surface area contributed by atoms with E-state index in [4.69, 9.17) is 10.5 Å². The summed E-state index contributed by atoms with van der Waals surface area (Å²) in [6, 6.07) is 5.94. The van der Waals surface area contributed by atoms with Crippen LogP contribution in [0, 0.1) is 6.92 Å². The van der Waals surface area contributed by atoms with Crippen LogP contribution in [0.25, 0.3) is 11.0 Å². The molecule has 6 heteroatoms. The summed E-state index contributed by atoms with van der Waals surface area (Å²) >= 11 is 1.68. The molecule has 0 aliphatic rings. The molecule has 0 saturated heterocycles. The normalized spacial score (nSPS) is 12.7. The number of aryl methyl sites for hydroxylation is 1. The molecule has 0 radical (unpaired) electrons. The van der Waals surface area contributed by atoms with Gasteiger partial charge in [-0.25, -0.2) is 9.97 Å².